The van der Waals surface area contributed by atoms with Crippen LogP contribution in [0.5, 0.6) is 0 Å². The van der Waals surface area contributed by atoms with Gasteiger partial charge in [-0.2, -0.15) is 0 Å². The van der Waals surface area contributed by atoms with Crippen LogP contribution < -0.4 is 0 Å². The molecule has 0 spiro atoms. The lowest BCUT2D eigenvalue weighted by Crippen LogP contribution is -1.92. The lowest BCUT2D eigenvalue weighted by molar-refractivity contribution is 1.17. The number of nitrogens with zero attached hydrogens (tertiary/aromatic N) is 4. The van der Waals surface area contributed by atoms with Crippen molar-refractivity contribution in [3.8, 4) is 22.6 Å². The largest absolute Gasteiger partial charge is 0.299 e. The quantitative estimate of drug-likeness (QED) is 0.468. The van der Waals surface area contributed by atoms with Gasteiger partial charge >= 0.3 is 0 Å². The van der Waals surface area contributed by atoms with E-state index in [9.17, 15) is 0 Å². The lowest BCUT2D eigenvalue weighted by atomic mass is 10.1. The van der Waals surface area contributed by atoms with Crippen LogP contribution in [0.2, 0.25) is 0 Å². The van der Waals surface area contributed by atoms with E-state index in [1.807, 2.05) is 37.3 Å². The van der Waals surface area contributed by atoms with Crippen LogP contribution in [-0.4, -0.2) is 19.4 Å². The number of fused-ring (bicyclic) bond motifs is 1. The Morgan fingerprint density at radius 1 is 1.00 bits per heavy atom. The first-order chi connectivity index (χ1) is 11.6. The van der Waals surface area contributed by atoms with E-state index in [-0.39, 0.29) is 0 Å². The lowest BCUT2D eigenvalue weighted by Gasteiger charge is -2.06. The highest BCUT2D eigenvalue weighted by molar-refractivity contribution is 9.10. The fourth-order valence-electron chi connectivity index (χ4n) is 2.83. The van der Waals surface area contributed by atoms with Gasteiger partial charge in [0.2, 0.25) is 0 Å². The van der Waals surface area contributed by atoms with Gasteiger partial charge in [0, 0.05) is 23.7 Å². The van der Waals surface area contributed by atoms with Gasteiger partial charge in [-0.3, -0.25) is 9.38 Å². The van der Waals surface area contributed by atoms with Crippen LogP contribution in [-0.2, 0) is 0 Å². The number of hydrogen-bond acceptors (Lipinski definition) is 3. The minimum atomic E-state index is 0.796. The van der Waals surface area contributed by atoms with Crippen molar-refractivity contribution in [2.75, 3.05) is 0 Å². The van der Waals surface area contributed by atoms with Crippen molar-refractivity contribution in [3.63, 3.8) is 0 Å². The fraction of sp³-hybridized carbons (Fsp3) is 0.105. The predicted octanol–water partition coefficient (Wildman–Crippen LogP) is 4.84. The van der Waals surface area contributed by atoms with Gasteiger partial charge in [0.05, 0.1) is 11.4 Å². The molecule has 0 N–H and O–H groups in total. The molecule has 0 radical (unpaired) electrons. The summed E-state index contributed by atoms with van der Waals surface area (Å²) in [5, 5.41) is 0. The van der Waals surface area contributed by atoms with Gasteiger partial charge in [-0.25, -0.2) is 9.97 Å². The van der Waals surface area contributed by atoms with Crippen molar-refractivity contribution in [2.24, 2.45) is 0 Å². The summed E-state index contributed by atoms with van der Waals surface area (Å²) in [5.41, 5.74) is 6.89. The molecule has 4 nitrogen and oxygen atoms in total. The van der Waals surface area contributed by atoms with Gasteiger partial charge in [0.15, 0.2) is 0 Å². The summed E-state index contributed by atoms with van der Waals surface area (Å²) in [7, 11) is 0. The average Bonchev–Trinajstić information content (AvgIpc) is 2.93. The zero-order chi connectivity index (χ0) is 16.7. The summed E-state index contributed by atoms with van der Waals surface area (Å²) in [5.74, 6) is 0. The van der Waals surface area contributed by atoms with Gasteiger partial charge in [-0.15, -0.1) is 0 Å². The number of imidazole rings is 1. The first-order valence-electron chi connectivity index (χ1n) is 7.66. The molecule has 0 unspecified atom stereocenters. The number of rotatable bonds is 2. The molecule has 0 atom stereocenters. The number of hydrogen-bond donors (Lipinski definition) is 0. The predicted molar refractivity (Wildman–Crippen MR) is 98.8 cm³/mol. The Bertz CT molecular complexity index is 1050. The second-order valence-corrected chi connectivity index (χ2v) is 6.59. The molecule has 4 rings (SSSR count). The molecular weight excluding hydrogens is 364 g/mol. The van der Waals surface area contributed by atoms with E-state index in [0.717, 1.165) is 38.6 Å². The summed E-state index contributed by atoms with van der Waals surface area (Å²) in [6, 6.07) is 14.2. The average molecular weight is 379 g/mol. The number of aromatic nitrogens is 4. The third-order valence-corrected chi connectivity index (χ3v) is 4.35. The molecule has 0 amide bonds. The molecular formula is C19H15BrN4. The van der Waals surface area contributed by atoms with E-state index in [0.29, 0.717) is 0 Å². The minimum absolute atomic E-state index is 0.796. The zero-order valence-corrected chi connectivity index (χ0v) is 14.9. The zero-order valence-electron chi connectivity index (χ0n) is 13.4. The second kappa shape index (κ2) is 5.83. The summed E-state index contributed by atoms with van der Waals surface area (Å²) >= 11 is 3.46. The molecule has 5 heteroatoms. The molecule has 118 valence electrons. The van der Waals surface area contributed by atoms with E-state index in [2.05, 4.69) is 55.6 Å². The maximum absolute atomic E-state index is 4.86. The highest BCUT2D eigenvalue weighted by Gasteiger charge is 2.17. The standard InChI is InChI=1S/C19H15BrN4/c1-12-7-9-24-17(10-12)23-18(15-5-3-4-13(2)22-15)19(24)14-6-8-21-16(20)11-14/h3-11H,1-2H3. The van der Waals surface area contributed by atoms with Gasteiger partial charge in [-0.1, -0.05) is 6.07 Å². The molecule has 4 aromatic heterocycles. The molecule has 4 aromatic rings. The normalized spacial score (nSPS) is 11.1. The third kappa shape index (κ3) is 2.61. The highest BCUT2D eigenvalue weighted by Crippen LogP contribution is 2.32. The SMILES string of the molecule is Cc1ccn2c(-c3ccnc(Br)c3)c(-c3cccc(C)n3)nc2c1. The number of halogens is 1. The molecule has 0 aliphatic carbocycles. The summed E-state index contributed by atoms with van der Waals surface area (Å²) in [4.78, 5) is 13.8. The van der Waals surface area contributed by atoms with Gasteiger partial charge in [0.25, 0.3) is 0 Å². The molecule has 0 saturated heterocycles. The first-order valence-corrected chi connectivity index (χ1v) is 8.46. The molecule has 0 saturated carbocycles. The highest BCUT2D eigenvalue weighted by atomic mass is 79.9. The molecule has 0 bridgehead atoms. The number of aryl methyl sites for hydroxylation is 2. The Kier molecular flexibility index (Phi) is 3.65. The topological polar surface area (TPSA) is 43.1 Å². The van der Waals surface area contributed by atoms with E-state index in [4.69, 9.17) is 4.98 Å². The van der Waals surface area contributed by atoms with Crippen LogP contribution in [0.25, 0.3) is 28.3 Å². The van der Waals surface area contributed by atoms with Crippen LogP contribution >= 0.6 is 15.9 Å². The third-order valence-electron chi connectivity index (χ3n) is 3.91. The van der Waals surface area contributed by atoms with Crippen molar-refractivity contribution in [1.29, 1.82) is 0 Å². The van der Waals surface area contributed by atoms with E-state index in [1.54, 1.807) is 6.20 Å². The maximum atomic E-state index is 4.86. The Morgan fingerprint density at radius 3 is 2.67 bits per heavy atom. The molecule has 24 heavy (non-hydrogen) atoms. The monoisotopic (exact) mass is 378 g/mol. The molecule has 0 fully saturated rings. The van der Waals surface area contributed by atoms with Crippen LogP contribution in [0.4, 0.5) is 0 Å². The first kappa shape index (κ1) is 15.0. The van der Waals surface area contributed by atoms with Crippen molar-refractivity contribution < 1.29 is 0 Å². The van der Waals surface area contributed by atoms with Crippen molar-refractivity contribution >= 4 is 21.6 Å². The van der Waals surface area contributed by atoms with Crippen molar-refractivity contribution in [2.45, 2.75) is 13.8 Å². The van der Waals surface area contributed by atoms with Crippen molar-refractivity contribution in [1.82, 2.24) is 19.4 Å². The summed E-state index contributed by atoms with van der Waals surface area (Å²) in [6.45, 7) is 4.06. The molecule has 4 heterocycles. The molecule has 0 aliphatic rings. The fourth-order valence-corrected chi connectivity index (χ4v) is 3.19. The van der Waals surface area contributed by atoms with Gasteiger partial charge in [0.1, 0.15) is 15.9 Å². The van der Waals surface area contributed by atoms with Crippen LogP contribution in [0, 0.1) is 13.8 Å². The molecule has 0 aliphatic heterocycles. The van der Waals surface area contributed by atoms with E-state index >= 15 is 0 Å². The van der Waals surface area contributed by atoms with Crippen LogP contribution in [0.1, 0.15) is 11.3 Å². The maximum Gasteiger partial charge on any atom is 0.138 e. The van der Waals surface area contributed by atoms with E-state index in [1.165, 1.54) is 5.56 Å². The summed E-state index contributed by atoms with van der Waals surface area (Å²) in [6.07, 6.45) is 3.85. The Balaban J connectivity index is 2.07. The van der Waals surface area contributed by atoms with Gasteiger partial charge in [-0.05, 0) is 71.7 Å². The summed E-state index contributed by atoms with van der Waals surface area (Å²) < 4.78 is 2.90. The smallest absolute Gasteiger partial charge is 0.138 e. The molecule has 0 aromatic carbocycles. The second-order valence-electron chi connectivity index (χ2n) is 5.77. The number of pyridine rings is 3. The van der Waals surface area contributed by atoms with Crippen molar-refractivity contribution in [3.05, 3.63) is 70.7 Å². The van der Waals surface area contributed by atoms with E-state index < -0.39 is 0 Å². The van der Waals surface area contributed by atoms with Gasteiger partial charge < -0.3 is 0 Å². The van der Waals surface area contributed by atoms with Crippen LogP contribution in [0.3, 0.4) is 0 Å². The Morgan fingerprint density at radius 2 is 1.88 bits per heavy atom. The van der Waals surface area contributed by atoms with Crippen LogP contribution in [0.15, 0.2) is 59.5 Å². The Hall–Kier alpha value is -2.53. The minimum Gasteiger partial charge on any atom is -0.299 e. The Labute approximate surface area is 148 Å².